The van der Waals surface area contributed by atoms with Crippen molar-refractivity contribution in [3.05, 3.63) is 22.8 Å². The van der Waals surface area contributed by atoms with E-state index < -0.39 is 105 Å². The summed E-state index contributed by atoms with van der Waals surface area (Å²) in [5, 5.41) is 96.1. The molecule has 5 saturated heterocycles. The van der Waals surface area contributed by atoms with Crippen LogP contribution in [0.5, 0.6) is 0 Å². The van der Waals surface area contributed by atoms with Crippen LogP contribution in [0, 0.1) is 34.5 Å². The van der Waals surface area contributed by atoms with Crippen LogP contribution in [0.1, 0.15) is 79.1 Å². The van der Waals surface area contributed by atoms with E-state index in [-0.39, 0.29) is 40.6 Å². The van der Waals surface area contributed by atoms with Gasteiger partial charge in [0.05, 0.1) is 32.0 Å². The first-order valence-electron chi connectivity index (χ1n) is 21.1. The fraction of sp³-hybridized carbons (Fsp3) is 0.902. The van der Waals surface area contributed by atoms with Gasteiger partial charge in [-0.15, -0.1) is 0 Å². The van der Waals surface area contributed by atoms with E-state index in [1.54, 1.807) is 6.92 Å². The van der Waals surface area contributed by atoms with E-state index in [2.05, 4.69) is 19.9 Å². The van der Waals surface area contributed by atoms with E-state index >= 15 is 0 Å². The Balaban J connectivity index is 0.903. The summed E-state index contributed by atoms with van der Waals surface area (Å²) in [7, 11) is 0. The lowest BCUT2D eigenvalue weighted by Crippen LogP contribution is -2.65. The Bertz CT molecular complexity index is 1610. The van der Waals surface area contributed by atoms with Gasteiger partial charge in [-0.3, -0.25) is 0 Å². The number of allylic oxidation sites excluding steroid dienone is 4. The van der Waals surface area contributed by atoms with Crippen molar-refractivity contribution in [2.75, 3.05) is 19.8 Å². The van der Waals surface area contributed by atoms with Crippen molar-refractivity contribution in [2.24, 2.45) is 34.5 Å². The van der Waals surface area contributed by atoms with Gasteiger partial charge in [-0.05, 0) is 92.1 Å². The number of fused-ring (bicyclic) bond motifs is 7. The molecule has 4 aliphatic carbocycles. The molecular formula is C41H62O16. The third-order valence-corrected chi connectivity index (χ3v) is 16.4. The number of hydrogen-bond acceptors (Lipinski definition) is 16. The summed E-state index contributed by atoms with van der Waals surface area (Å²) in [5.74, 6) is -1.37. The molecule has 16 heteroatoms. The topological polar surface area (TPSA) is 247 Å². The first-order valence-corrected chi connectivity index (χ1v) is 21.1. The van der Waals surface area contributed by atoms with Crippen molar-refractivity contribution >= 4 is 0 Å². The van der Waals surface area contributed by atoms with Crippen molar-refractivity contribution in [3.63, 3.8) is 0 Å². The molecular weight excluding hydrogens is 748 g/mol. The Kier molecular flexibility index (Phi) is 10.5. The zero-order valence-corrected chi connectivity index (χ0v) is 33.1. The van der Waals surface area contributed by atoms with Crippen LogP contribution < -0.4 is 0 Å². The maximum absolute atomic E-state index is 11.9. The second kappa shape index (κ2) is 14.5. The number of aliphatic hydroxyl groups is 9. The monoisotopic (exact) mass is 810 g/mol. The molecule has 22 atom stereocenters. The fourth-order valence-corrected chi connectivity index (χ4v) is 12.9. The van der Waals surface area contributed by atoms with Gasteiger partial charge in [0.2, 0.25) is 0 Å². The maximum Gasteiger partial charge on any atom is 0.197 e. The Hall–Kier alpha value is -1.16. The molecule has 6 fully saturated rings. The molecule has 0 radical (unpaired) electrons. The molecule has 9 rings (SSSR count). The number of aliphatic hydroxyl groups excluding tert-OH is 8. The lowest BCUT2D eigenvalue weighted by atomic mass is 9.51. The molecule has 5 heterocycles. The summed E-state index contributed by atoms with van der Waals surface area (Å²) < 4.78 is 42.7. The maximum atomic E-state index is 11.9. The highest BCUT2D eigenvalue weighted by atomic mass is 16.8. The van der Waals surface area contributed by atoms with Crippen molar-refractivity contribution in [1.82, 2.24) is 0 Å². The van der Waals surface area contributed by atoms with Gasteiger partial charge in [-0.2, -0.15) is 0 Å². The molecule has 0 aromatic rings. The van der Waals surface area contributed by atoms with E-state index in [4.69, 9.17) is 33.2 Å². The summed E-state index contributed by atoms with van der Waals surface area (Å²) in [6, 6.07) is 0. The summed E-state index contributed by atoms with van der Waals surface area (Å²) >= 11 is 0. The number of ether oxygens (including phenoxy) is 7. The molecule has 0 aromatic carbocycles. The zero-order chi connectivity index (χ0) is 40.6. The van der Waals surface area contributed by atoms with Gasteiger partial charge >= 0.3 is 0 Å². The normalized spacial score (nSPS) is 57.2. The van der Waals surface area contributed by atoms with Gasteiger partial charge < -0.3 is 79.1 Å². The Morgan fingerprint density at radius 1 is 0.789 bits per heavy atom. The average Bonchev–Trinajstić information content (AvgIpc) is 3.83. The molecule has 1 saturated carbocycles. The number of hydrogen-bond donors (Lipinski definition) is 9. The van der Waals surface area contributed by atoms with E-state index in [9.17, 15) is 46.0 Å². The van der Waals surface area contributed by atoms with Crippen LogP contribution >= 0.6 is 0 Å². The highest BCUT2D eigenvalue weighted by molar-refractivity contribution is 5.50. The molecule has 9 N–H and O–H groups in total. The molecule has 0 spiro atoms. The van der Waals surface area contributed by atoms with E-state index in [0.717, 1.165) is 38.5 Å². The Morgan fingerprint density at radius 2 is 1.49 bits per heavy atom. The van der Waals surface area contributed by atoms with E-state index in [1.165, 1.54) is 16.7 Å². The van der Waals surface area contributed by atoms with Gasteiger partial charge in [0.1, 0.15) is 54.9 Å². The molecule has 57 heavy (non-hydrogen) atoms. The van der Waals surface area contributed by atoms with Crippen LogP contribution in [-0.2, 0) is 33.2 Å². The third kappa shape index (κ3) is 5.92. The predicted molar refractivity (Wildman–Crippen MR) is 194 cm³/mol. The summed E-state index contributed by atoms with van der Waals surface area (Å²) in [4.78, 5) is 0. The predicted octanol–water partition coefficient (Wildman–Crippen LogP) is -0.515. The standard InChI is InChI=1S/C41H62O16/c1-17-16-51-40(4)41(17,50)34-32(57-40)26(35(49)56-34)23-8-7-21-20-6-5-18-13-19(9-11-38(18,2)22(20)10-12-39(21,23)3)52-37-33(30(47)28(45)25(15-43)54-37)55-36-31(48)29(46)27(44)24(14-42)53-36/h7,17-19,23-37,42-50H,5-6,8-16H2,1-4H3/t17-,18-,19-,23+,24+,25+,26-,27-,28+,29-,30-,31+,32+,33+,34-,35-,36-,37+,38-,39-,40-,41+/m0/s1. The molecule has 0 aromatic heterocycles. The minimum Gasteiger partial charge on any atom is -0.394 e. The first kappa shape index (κ1) is 41.2. The van der Waals surface area contributed by atoms with Crippen LogP contribution in [0.25, 0.3) is 0 Å². The molecule has 9 aliphatic rings. The van der Waals surface area contributed by atoms with Gasteiger partial charge in [-0.25, -0.2) is 0 Å². The Morgan fingerprint density at radius 3 is 2.21 bits per heavy atom. The summed E-state index contributed by atoms with van der Waals surface area (Å²) in [5.41, 5.74) is 2.63. The van der Waals surface area contributed by atoms with Gasteiger partial charge in [-0.1, -0.05) is 32.4 Å². The van der Waals surface area contributed by atoms with Crippen molar-refractivity contribution in [2.45, 2.75) is 176 Å². The molecule has 0 amide bonds. The van der Waals surface area contributed by atoms with Crippen molar-refractivity contribution < 1.29 is 79.1 Å². The average molecular weight is 811 g/mol. The molecule has 5 aliphatic heterocycles. The quantitative estimate of drug-likeness (QED) is 0.157. The van der Waals surface area contributed by atoms with Crippen LogP contribution in [-0.4, -0.2) is 163 Å². The van der Waals surface area contributed by atoms with E-state index in [0.29, 0.717) is 19.4 Å². The van der Waals surface area contributed by atoms with E-state index in [1.807, 2.05) is 6.92 Å². The minimum atomic E-state index is -1.75. The highest BCUT2D eigenvalue weighted by Gasteiger charge is 2.75. The second-order valence-electron chi connectivity index (χ2n) is 19.1. The van der Waals surface area contributed by atoms with Crippen molar-refractivity contribution in [1.29, 1.82) is 0 Å². The highest BCUT2D eigenvalue weighted by Crippen LogP contribution is 2.67. The molecule has 16 nitrogen and oxygen atoms in total. The molecule has 322 valence electrons. The minimum absolute atomic E-state index is 0.0628. The lowest BCUT2D eigenvalue weighted by molar-refractivity contribution is -0.373. The van der Waals surface area contributed by atoms with Gasteiger partial charge in [0.15, 0.2) is 30.3 Å². The second-order valence-corrected chi connectivity index (χ2v) is 19.1. The van der Waals surface area contributed by atoms with Crippen LogP contribution in [0.4, 0.5) is 0 Å². The van der Waals surface area contributed by atoms with Crippen molar-refractivity contribution in [3.8, 4) is 0 Å². The summed E-state index contributed by atoms with van der Waals surface area (Å²) in [6.45, 7) is 7.50. The fourth-order valence-electron chi connectivity index (χ4n) is 12.9. The van der Waals surface area contributed by atoms with Gasteiger partial charge in [0, 0.05) is 11.8 Å². The van der Waals surface area contributed by atoms with Crippen LogP contribution in [0.3, 0.4) is 0 Å². The molecule has 0 unspecified atom stereocenters. The zero-order valence-electron chi connectivity index (χ0n) is 33.1. The Labute approximate surface area is 332 Å². The third-order valence-electron chi connectivity index (χ3n) is 16.4. The lowest BCUT2D eigenvalue weighted by Gasteiger charge is -2.54. The van der Waals surface area contributed by atoms with Crippen LogP contribution in [0.15, 0.2) is 22.8 Å². The largest absolute Gasteiger partial charge is 0.394 e. The smallest absolute Gasteiger partial charge is 0.197 e. The summed E-state index contributed by atoms with van der Waals surface area (Å²) in [6.07, 6.45) is -8.53. The van der Waals surface area contributed by atoms with Gasteiger partial charge in [0.25, 0.3) is 0 Å². The molecule has 0 bridgehead atoms. The van der Waals surface area contributed by atoms with Crippen LogP contribution in [0.2, 0.25) is 0 Å². The number of rotatable bonds is 7. The SMILES string of the molecule is C[C@H]1CO[C@@]2(C)O[C@@H]3[C@H]([C@H]4CC=C5C6=C(CC[C@@]54C)[C@@]4(C)CC[C@H](O[C@@H]5O[C@H](CO)[C@@H](O)[C@H](O)[C@H]5O[C@@H]5O[C@H](CO)[C@H](O)[C@H](O)[C@H]5O)C[C@@H]4CC6)[C@@H](O)O[C@@H]3[C@]12O. The first-order chi connectivity index (χ1) is 27.0.